The maximum absolute atomic E-state index is 6.59. The molecule has 2 bridgehead atoms. The van der Waals surface area contributed by atoms with E-state index in [1.165, 1.54) is 22.3 Å². The Labute approximate surface area is 117 Å². The number of alkyl halides is 2. The molecule has 0 aliphatic heterocycles. The molecule has 0 amide bonds. The predicted octanol–water partition coefficient (Wildman–Crippen LogP) is 4.49. The molecule has 2 aromatic rings. The number of fused-ring (bicyclic) bond motifs is 1. The van der Waals surface area contributed by atoms with Gasteiger partial charge in [0.1, 0.15) is 0 Å². The third kappa shape index (κ3) is 1.23. The fourth-order valence-electron chi connectivity index (χ4n) is 3.54. The van der Waals surface area contributed by atoms with Crippen LogP contribution in [0, 0.1) is 0 Å². The Hall–Kier alpha value is -0.980. The minimum Gasteiger partial charge on any atom is -0.120 e. The highest BCUT2D eigenvalue weighted by Gasteiger charge is 2.48. The number of hydrogen-bond donors (Lipinski definition) is 0. The topological polar surface area (TPSA) is 0 Å². The molecule has 3 aliphatic rings. The fraction of sp³-hybridized carbons (Fsp3) is 0.250. The molecule has 0 heterocycles. The van der Waals surface area contributed by atoms with E-state index in [2.05, 4.69) is 48.5 Å². The first kappa shape index (κ1) is 10.9. The van der Waals surface area contributed by atoms with Gasteiger partial charge in [-0.3, -0.25) is 0 Å². The van der Waals surface area contributed by atoms with Gasteiger partial charge in [0, 0.05) is 11.8 Å². The normalized spacial score (nSPS) is 31.9. The summed E-state index contributed by atoms with van der Waals surface area (Å²) in [5.74, 6) is 0.484. The van der Waals surface area contributed by atoms with E-state index in [4.69, 9.17) is 23.2 Å². The highest BCUT2D eigenvalue weighted by atomic mass is 35.5. The Morgan fingerprint density at radius 1 is 0.556 bits per heavy atom. The van der Waals surface area contributed by atoms with Gasteiger partial charge in [-0.15, -0.1) is 23.2 Å². The molecule has 0 radical (unpaired) electrons. The van der Waals surface area contributed by atoms with Crippen molar-refractivity contribution in [3.63, 3.8) is 0 Å². The Kier molecular flexibility index (Phi) is 2.27. The average Bonchev–Trinajstić information content (AvgIpc) is 2.42. The third-order valence-electron chi connectivity index (χ3n) is 4.27. The molecule has 3 aliphatic carbocycles. The van der Waals surface area contributed by atoms with Crippen LogP contribution in [0.2, 0.25) is 0 Å². The summed E-state index contributed by atoms with van der Waals surface area (Å²) in [5, 5.41) is -0.0251. The standard InChI is InChI=1S/C16H12Cl2/c17-15-13-9-5-1-2-6-10(9)14(16(15)18)12-8-4-3-7-11(12)13/h1-8,13-16H. The molecule has 2 unspecified atom stereocenters. The Morgan fingerprint density at radius 2 is 0.833 bits per heavy atom. The Balaban J connectivity index is 2.06. The van der Waals surface area contributed by atoms with Crippen molar-refractivity contribution >= 4 is 23.2 Å². The van der Waals surface area contributed by atoms with Crippen molar-refractivity contribution in [2.75, 3.05) is 0 Å². The maximum Gasteiger partial charge on any atom is 0.0618 e. The minimum absolute atomic E-state index is 0.0125. The predicted molar refractivity (Wildman–Crippen MR) is 75.9 cm³/mol. The van der Waals surface area contributed by atoms with Crippen molar-refractivity contribution in [2.45, 2.75) is 22.6 Å². The molecule has 5 rings (SSSR count). The van der Waals surface area contributed by atoms with Crippen LogP contribution in [0.3, 0.4) is 0 Å². The van der Waals surface area contributed by atoms with Gasteiger partial charge in [-0.1, -0.05) is 48.5 Å². The first-order valence-corrected chi connectivity index (χ1v) is 7.12. The van der Waals surface area contributed by atoms with Crippen molar-refractivity contribution in [2.24, 2.45) is 0 Å². The minimum atomic E-state index is -0.0125. The van der Waals surface area contributed by atoms with Gasteiger partial charge in [-0.05, 0) is 22.3 Å². The quantitative estimate of drug-likeness (QED) is 0.621. The second-order valence-electron chi connectivity index (χ2n) is 5.10. The van der Waals surface area contributed by atoms with E-state index in [1.807, 2.05) is 0 Å². The number of rotatable bonds is 0. The highest BCUT2D eigenvalue weighted by Crippen LogP contribution is 2.55. The van der Waals surface area contributed by atoms with Gasteiger partial charge in [0.25, 0.3) is 0 Å². The van der Waals surface area contributed by atoms with Gasteiger partial charge in [-0.2, -0.15) is 0 Å². The first-order valence-electron chi connectivity index (χ1n) is 6.25. The lowest BCUT2D eigenvalue weighted by molar-refractivity contribution is 0.535. The maximum atomic E-state index is 6.59. The van der Waals surface area contributed by atoms with Gasteiger partial charge in [0.2, 0.25) is 0 Å². The van der Waals surface area contributed by atoms with Crippen LogP contribution in [-0.2, 0) is 0 Å². The van der Waals surface area contributed by atoms with Crippen LogP contribution < -0.4 is 0 Å². The monoisotopic (exact) mass is 274 g/mol. The summed E-state index contributed by atoms with van der Waals surface area (Å²) in [7, 11) is 0. The van der Waals surface area contributed by atoms with Gasteiger partial charge in [0.05, 0.1) is 10.8 Å². The molecule has 0 aromatic heterocycles. The van der Waals surface area contributed by atoms with Crippen molar-refractivity contribution in [3.8, 4) is 0 Å². The summed E-state index contributed by atoms with van der Waals surface area (Å²) in [5.41, 5.74) is 5.44. The van der Waals surface area contributed by atoms with Gasteiger partial charge in [0.15, 0.2) is 0 Å². The van der Waals surface area contributed by atoms with Gasteiger partial charge >= 0.3 is 0 Å². The Bertz CT molecular complexity index is 518. The van der Waals surface area contributed by atoms with E-state index in [-0.39, 0.29) is 22.6 Å². The molecule has 90 valence electrons. The van der Waals surface area contributed by atoms with Crippen LogP contribution in [0.4, 0.5) is 0 Å². The fourth-order valence-corrected chi connectivity index (χ4v) is 4.38. The van der Waals surface area contributed by atoms with Crippen LogP contribution in [-0.4, -0.2) is 10.8 Å². The van der Waals surface area contributed by atoms with Crippen molar-refractivity contribution in [1.29, 1.82) is 0 Å². The lowest BCUT2D eigenvalue weighted by Crippen LogP contribution is -2.41. The van der Waals surface area contributed by atoms with Crippen LogP contribution in [0.1, 0.15) is 34.1 Å². The summed E-state index contributed by atoms with van der Waals surface area (Å²) < 4.78 is 0. The molecular weight excluding hydrogens is 263 g/mol. The smallest absolute Gasteiger partial charge is 0.0618 e. The summed E-state index contributed by atoms with van der Waals surface area (Å²) >= 11 is 13.2. The molecule has 0 spiro atoms. The lowest BCUT2D eigenvalue weighted by Gasteiger charge is -2.46. The SMILES string of the molecule is ClC1C2c3ccccc3C(c3ccccc32)C1Cl. The van der Waals surface area contributed by atoms with E-state index in [0.29, 0.717) is 0 Å². The lowest BCUT2D eigenvalue weighted by atomic mass is 9.63. The van der Waals surface area contributed by atoms with Gasteiger partial charge in [-0.25, -0.2) is 0 Å². The first-order chi connectivity index (χ1) is 8.79. The third-order valence-corrected chi connectivity index (χ3v) is 5.45. The van der Waals surface area contributed by atoms with Crippen LogP contribution >= 0.6 is 23.2 Å². The second-order valence-corrected chi connectivity index (χ2v) is 6.11. The zero-order chi connectivity index (χ0) is 12.3. The molecule has 0 saturated heterocycles. The van der Waals surface area contributed by atoms with Gasteiger partial charge < -0.3 is 0 Å². The van der Waals surface area contributed by atoms with E-state index < -0.39 is 0 Å². The van der Waals surface area contributed by atoms with Crippen LogP contribution in [0.15, 0.2) is 48.5 Å². The summed E-state index contributed by atoms with van der Waals surface area (Å²) in [4.78, 5) is 0. The van der Waals surface area contributed by atoms with Crippen LogP contribution in [0.5, 0.6) is 0 Å². The van der Waals surface area contributed by atoms with E-state index in [9.17, 15) is 0 Å². The molecule has 0 fully saturated rings. The van der Waals surface area contributed by atoms with E-state index in [1.54, 1.807) is 0 Å². The average molecular weight is 275 g/mol. The van der Waals surface area contributed by atoms with Crippen LogP contribution in [0.25, 0.3) is 0 Å². The zero-order valence-electron chi connectivity index (χ0n) is 9.68. The highest BCUT2D eigenvalue weighted by molar-refractivity contribution is 6.31. The van der Waals surface area contributed by atoms with E-state index in [0.717, 1.165) is 0 Å². The Morgan fingerprint density at radius 3 is 1.11 bits per heavy atom. The molecule has 18 heavy (non-hydrogen) atoms. The van der Waals surface area contributed by atoms with E-state index >= 15 is 0 Å². The van der Waals surface area contributed by atoms with Crippen molar-refractivity contribution in [3.05, 3.63) is 70.8 Å². The number of hydrogen-bond acceptors (Lipinski definition) is 0. The summed E-state index contributed by atoms with van der Waals surface area (Å²) in [6.07, 6.45) is 0. The molecule has 0 saturated carbocycles. The number of benzene rings is 2. The molecule has 2 atom stereocenters. The molecular formula is C16H12Cl2. The molecule has 0 N–H and O–H groups in total. The zero-order valence-corrected chi connectivity index (χ0v) is 11.2. The second kappa shape index (κ2) is 3.76. The van der Waals surface area contributed by atoms with Crippen molar-refractivity contribution < 1.29 is 0 Å². The summed E-state index contributed by atoms with van der Waals surface area (Å²) in [6, 6.07) is 17.2. The molecule has 2 aromatic carbocycles. The summed E-state index contributed by atoms with van der Waals surface area (Å²) in [6.45, 7) is 0. The van der Waals surface area contributed by atoms with Crippen molar-refractivity contribution in [1.82, 2.24) is 0 Å². The molecule has 0 nitrogen and oxygen atoms in total. The molecule has 2 heteroatoms. The largest absolute Gasteiger partial charge is 0.120 e. The number of halogens is 2.